The molecule has 1 heterocycles. The lowest BCUT2D eigenvalue weighted by Crippen LogP contribution is -2.13. The topological polar surface area (TPSA) is 0 Å². The smallest absolute Gasteiger partial charge is 0.114 e. The van der Waals surface area contributed by atoms with Gasteiger partial charge in [-0.1, -0.05) is 54.6 Å². The Morgan fingerprint density at radius 3 is 2.25 bits per heavy atom. The van der Waals surface area contributed by atoms with Gasteiger partial charge in [-0.3, -0.25) is 0 Å². The van der Waals surface area contributed by atoms with E-state index < -0.39 is 0 Å². The number of benzene rings is 2. The van der Waals surface area contributed by atoms with Gasteiger partial charge in [0.2, 0.25) is 0 Å². The number of thioether (sulfide) groups is 2. The average Bonchev–Trinajstić information content (AvgIpc) is 3.07. The van der Waals surface area contributed by atoms with Crippen LogP contribution in [0, 0.1) is 0 Å². The highest BCUT2D eigenvalue weighted by molar-refractivity contribution is 9.15. The lowest BCUT2D eigenvalue weighted by molar-refractivity contribution is 1.20. The third-order valence-electron chi connectivity index (χ3n) is 3.82. The number of fused-ring (bicyclic) bond motifs is 2. The van der Waals surface area contributed by atoms with Crippen LogP contribution in [0.4, 0.5) is 0 Å². The van der Waals surface area contributed by atoms with Crippen LogP contribution in [-0.2, 0) is 4.08 Å². The van der Waals surface area contributed by atoms with Gasteiger partial charge in [0, 0.05) is 21.6 Å². The van der Waals surface area contributed by atoms with Gasteiger partial charge in [-0.05, 0) is 32.6 Å². The zero-order valence-corrected chi connectivity index (χ0v) is 14.0. The molecule has 0 N–H and O–H groups in total. The van der Waals surface area contributed by atoms with Gasteiger partial charge in [-0.25, -0.2) is 0 Å². The molecule has 0 aromatic heterocycles. The molecule has 1 spiro atoms. The van der Waals surface area contributed by atoms with Crippen molar-refractivity contribution in [3.8, 4) is 0 Å². The Hall–Kier alpha value is -0.640. The van der Waals surface area contributed by atoms with Crippen molar-refractivity contribution in [2.24, 2.45) is 0 Å². The van der Waals surface area contributed by atoms with E-state index in [1.165, 1.54) is 38.3 Å². The predicted molar refractivity (Wildman–Crippen MR) is 95.2 cm³/mol. The Morgan fingerprint density at radius 2 is 1.50 bits per heavy atom. The molecular formula is C17H13BrS2. The number of rotatable bonds is 1. The molecule has 1 aliphatic heterocycles. The van der Waals surface area contributed by atoms with E-state index in [1.807, 2.05) is 0 Å². The summed E-state index contributed by atoms with van der Waals surface area (Å²) in [6.45, 7) is 0. The molecule has 0 saturated carbocycles. The highest BCUT2D eigenvalue weighted by atomic mass is 79.9. The molecule has 4 rings (SSSR count). The summed E-state index contributed by atoms with van der Waals surface area (Å²) in [5, 5.41) is 0. The van der Waals surface area contributed by atoms with E-state index in [0.717, 1.165) is 0 Å². The fraction of sp³-hybridized carbons (Fsp3) is 0.176. The van der Waals surface area contributed by atoms with Crippen LogP contribution in [0.3, 0.4) is 0 Å². The van der Waals surface area contributed by atoms with Gasteiger partial charge >= 0.3 is 0 Å². The van der Waals surface area contributed by atoms with Crippen molar-refractivity contribution in [1.29, 1.82) is 0 Å². The monoisotopic (exact) mass is 360 g/mol. The molecule has 1 fully saturated rings. The van der Waals surface area contributed by atoms with Crippen molar-refractivity contribution >= 4 is 49.5 Å². The van der Waals surface area contributed by atoms with Crippen LogP contribution in [0.5, 0.6) is 0 Å². The highest BCUT2D eigenvalue weighted by Gasteiger charge is 2.48. The molecule has 2 aliphatic rings. The van der Waals surface area contributed by atoms with Crippen molar-refractivity contribution < 1.29 is 0 Å². The van der Waals surface area contributed by atoms with E-state index in [0.29, 0.717) is 0 Å². The Balaban J connectivity index is 2.00. The second-order valence-corrected chi connectivity index (χ2v) is 8.58. The molecule has 3 heteroatoms. The minimum Gasteiger partial charge on any atom is -0.134 e. The lowest BCUT2D eigenvalue weighted by Gasteiger charge is -2.27. The molecule has 0 nitrogen and oxygen atoms in total. The van der Waals surface area contributed by atoms with E-state index in [9.17, 15) is 0 Å². The predicted octanol–water partition coefficient (Wildman–Crippen LogP) is 5.60. The van der Waals surface area contributed by atoms with Gasteiger partial charge in [-0.2, -0.15) is 0 Å². The summed E-state index contributed by atoms with van der Waals surface area (Å²) in [5.41, 5.74) is 5.58. The Bertz CT molecular complexity index is 685. The molecule has 2 aromatic rings. The minimum absolute atomic E-state index is 0.0801. The van der Waals surface area contributed by atoms with Gasteiger partial charge in [0.1, 0.15) is 4.08 Å². The molecule has 2 aromatic carbocycles. The van der Waals surface area contributed by atoms with Crippen LogP contribution >= 0.6 is 39.5 Å². The van der Waals surface area contributed by atoms with Gasteiger partial charge in [0.05, 0.1) is 0 Å². The van der Waals surface area contributed by atoms with E-state index in [4.69, 9.17) is 0 Å². The molecule has 0 amide bonds. The summed E-state index contributed by atoms with van der Waals surface area (Å²) in [5.74, 6) is 2.44. The average molecular weight is 361 g/mol. The molecular weight excluding hydrogens is 348 g/mol. The summed E-state index contributed by atoms with van der Waals surface area (Å²) in [4.78, 5) is 0. The summed E-state index contributed by atoms with van der Waals surface area (Å²) in [6, 6.07) is 19.6. The van der Waals surface area contributed by atoms with Crippen LogP contribution in [0.2, 0.25) is 0 Å². The molecule has 20 heavy (non-hydrogen) atoms. The quantitative estimate of drug-likeness (QED) is 0.649. The lowest BCUT2D eigenvalue weighted by atomic mass is 10.0. The fourth-order valence-corrected chi connectivity index (χ4v) is 7.61. The van der Waals surface area contributed by atoms with Crippen molar-refractivity contribution in [1.82, 2.24) is 0 Å². The standard InChI is InChI=1S/C17H13BrS2/c18-16-13-8-4-5-9-14(13)17(19-10-11-20-17)15(16)12-6-2-1-3-7-12/h1-9H,10-11H2. The van der Waals surface area contributed by atoms with Crippen molar-refractivity contribution in [3.63, 3.8) is 0 Å². The van der Waals surface area contributed by atoms with Crippen LogP contribution in [0.1, 0.15) is 16.7 Å². The van der Waals surface area contributed by atoms with Gasteiger partial charge in [-0.15, -0.1) is 23.5 Å². The third-order valence-corrected chi connectivity index (χ3v) is 8.09. The minimum atomic E-state index is 0.0801. The Labute approximate surface area is 136 Å². The molecule has 100 valence electrons. The normalized spacial score (nSPS) is 19.6. The molecule has 0 bridgehead atoms. The highest BCUT2D eigenvalue weighted by Crippen LogP contribution is 2.66. The van der Waals surface area contributed by atoms with Crippen LogP contribution in [0.15, 0.2) is 54.6 Å². The zero-order chi connectivity index (χ0) is 13.6. The van der Waals surface area contributed by atoms with E-state index in [2.05, 4.69) is 94.1 Å². The second kappa shape index (κ2) is 4.97. The summed E-state index contributed by atoms with van der Waals surface area (Å²) >= 11 is 8.03. The summed E-state index contributed by atoms with van der Waals surface area (Å²) < 4.78 is 1.35. The first-order valence-corrected chi connectivity index (χ1v) is 9.43. The molecule has 1 aliphatic carbocycles. The van der Waals surface area contributed by atoms with E-state index >= 15 is 0 Å². The SMILES string of the molecule is BrC1=C(c2ccccc2)C2(SCCS2)c2ccccc21. The number of hydrogen-bond donors (Lipinski definition) is 0. The maximum absolute atomic E-state index is 3.88. The second-order valence-electron chi connectivity index (χ2n) is 4.91. The first kappa shape index (κ1) is 13.1. The largest absolute Gasteiger partial charge is 0.134 e. The summed E-state index contributed by atoms with van der Waals surface area (Å²) in [6.07, 6.45) is 0. The van der Waals surface area contributed by atoms with Crippen LogP contribution in [0.25, 0.3) is 10.1 Å². The van der Waals surface area contributed by atoms with Gasteiger partial charge in [0.25, 0.3) is 0 Å². The maximum Gasteiger partial charge on any atom is 0.114 e. The van der Waals surface area contributed by atoms with Crippen LogP contribution < -0.4 is 0 Å². The first-order valence-electron chi connectivity index (χ1n) is 6.66. The van der Waals surface area contributed by atoms with Crippen molar-refractivity contribution in [2.75, 3.05) is 11.5 Å². The van der Waals surface area contributed by atoms with Crippen molar-refractivity contribution in [3.05, 3.63) is 71.3 Å². The van der Waals surface area contributed by atoms with Gasteiger partial charge < -0.3 is 0 Å². The Kier molecular flexibility index (Phi) is 3.24. The Morgan fingerprint density at radius 1 is 0.850 bits per heavy atom. The third kappa shape index (κ3) is 1.76. The maximum atomic E-state index is 3.88. The molecule has 0 unspecified atom stereocenters. The molecule has 0 radical (unpaired) electrons. The number of halogens is 1. The van der Waals surface area contributed by atoms with E-state index in [-0.39, 0.29) is 4.08 Å². The van der Waals surface area contributed by atoms with Crippen molar-refractivity contribution in [2.45, 2.75) is 4.08 Å². The first-order chi connectivity index (χ1) is 9.83. The number of hydrogen-bond acceptors (Lipinski definition) is 2. The van der Waals surface area contributed by atoms with E-state index in [1.54, 1.807) is 0 Å². The van der Waals surface area contributed by atoms with Gasteiger partial charge in [0.15, 0.2) is 0 Å². The fourth-order valence-electron chi connectivity index (χ4n) is 3.01. The zero-order valence-electron chi connectivity index (χ0n) is 10.8. The molecule has 0 atom stereocenters. The molecule has 1 saturated heterocycles. The van der Waals surface area contributed by atoms with Crippen LogP contribution in [-0.4, -0.2) is 11.5 Å². The summed E-state index contributed by atoms with van der Waals surface area (Å²) in [7, 11) is 0.